The normalized spacial score (nSPS) is 31.6. The number of nitrogens with zero attached hydrogens (tertiary/aromatic N) is 6. The number of aliphatic hydroxyl groups excluding tert-OH is 2. The molecule has 8 fully saturated rings. The summed E-state index contributed by atoms with van der Waals surface area (Å²) in [7, 11) is 0.0594. The van der Waals surface area contributed by atoms with Crippen LogP contribution < -0.4 is 0 Å². The second-order valence-electron chi connectivity index (χ2n) is 9.57. The summed E-state index contributed by atoms with van der Waals surface area (Å²) in [5, 5.41) is 33.4. The number of aliphatic hydroxyl groups is 4. The molecule has 0 aromatic heterocycles. The minimum absolute atomic E-state index is 0. The molecule has 268 valence electrons. The van der Waals surface area contributed by atoms with Gasteiger partial charge in [-0.25, -0.2) is 29.4 Å². The van der Waals surface area contributed by atoms with Crippen molar-refractivity contribution in [2.45, 2.75) is 38.3 Å². The summed E-state index contributed by atoms with van der Waals surface area (Å²) < 4.78 is 0. The second-order valence-corrected chi connectivity index (χ2v) is 14.5. The van der Waals surface area contributed by atoms with Gasteiger partial charge in [0.25, 0.3) is 0 Å². The zero-order chi connectivity index (χ0) is 21.1. The van der Waals surface area contributed by atoms with Gasteiger partial charge in [-0.3, -0.25) is 0 Å². The van der Waals surface area contributed by atoms with Gasteiger partial charge in [0.05, 0.1) is 40.0 Å². The Morgan fingerprint density at radius 3 is 0.750 bits per heavy atom. The molecule has 8 heterocycles. The van der Waals surface area contributed by atoms with Crippen LogP contribution in [-0.4, -0.2) is 151 Å². The Labute approximate surface area is 335 Å². The van der Waals surface area contributed by atoms with Gasteiger partial charge in [-0.1, -0.05) is 0 Å². The van der Waals surface area contributed by atoms with Crippen molar-refractivity contribution in [2.75, 3.05) is 77.7 Å². The third-order valence-electron chi connectivity index (χ3n) is 6.26. The molecule has 0 spiro atoms. The number of unbranched alkanes of at least 4 members (excludes halogenated alkanes) is 1. The third kappa shape index (κ3) is 20.9. The van der Waals surface area contributed by atoms with Gasteiger partial charge in [-0.05, 0) is 25.7 Å². The molecule has 0 unspecified atom stereocenters. The van der Waals surface area contributed by atoms with Gasteiger partial charge >= 0.3 is 89.5 Å². The monoisotopic (exact) mass is 1180 g/mol. The molecule has 8 rings (SSSR count). The van der Waals surface area contributed by atoms with Crippen molar-refractivity contribution in [3.63, 3.8) is 0 Å². The minimum Gasteiger partial charge on any atom is -0.693 e. The maximum Gasteiger partial charge on any atom is 1.00 e. The topological polar surface area (TPSA) is 230 Å². The fourth-order valence-corrected chi connectivity index (χ4v) is 11.0. The van der Waals surface area contributed by atoms with Gasteiger partial charge in [0, 0.05) is 60.6 Å². The number of hydrogen-bond acceptors (Lipinski definition) is 10. The van der Waals surface area contributed by atoms with Gasteiger partial charge in [0.2, 0.25) is 0 Å². The molecular weight excluding hydrogens is 1130 g/mol. The van der Waals surface area contributed by atoms with E-state index in [0.717, 1.165) is 0 Å². The molecule has 2 radical (unpaired) electrons. The van der Waals surface area contributed by atoms with Gasteiger partial charge in [-0.2, -0.15) is 0 Å². The molecule has 40 heavy (non-hydrogen) atoms. The average molecular weight is 1180 g/mol. The minimum atomic E-state index is -1.27. The first-order valence-corrected chi connectivity index (χ1v) is 15.4. The molecule has 0 amide bonds. The summed E-state index contributed by atoms with van der Waals surface area (Å²) in [5.74, 6) is 0. The van der Waals surface area contributed by atoms with E-state index < -0.39 is 12.6 Å². The third-order valence-corrected chi connectivity index (χ3v) is 11.6. The Bertz CT molecular complexity index is 422. The van der Waals surface area contributed by atoms with Crippen molar-refractivity contribution in [2.24, 2.45) is 0 Å². The Morgan fingerprint density at radius 1 is 0.450 bits per heavy atom. The first kappa shape index (κ1) is 60.1. The molecule has 12 N–H and O–H groups in total. The molecule has 8 aliphatic rings. The zero-order valence-electron chi connectivity index (χ0n) is 21.9. The van der Waals surface area contributed by atoms with Crippen LogP contribution in [0.15, 0.2) is 0 Å². The van der Waals surface area contributed by atoms with Crippen LogP contribution in [0.2, 0.25) is 0 Å². The van der Waals surface area contributed by atoms with Gasteiger partial charge < -0.3 is 43.7 Å². The van der Waals surface area contributed by atoms with E-state index in [1.807, 2.05) is 0 Å². The summed E-state index contributed by atoms with van der Waals surface area (Å²) in [6, 6.07) is 0. The Balaban J connectivity index is -0.0000000726. The van der Waals surface area contributed by atoms with Crippen molar-refractivity contribution in [1.82, 2.24) is 29.4 Å². The zero-order valence-corrected chi connectivity index (χ0v) is 32.8. The molecule has 14 nitrogen and oxygen atoms in total. The fraction of sp³-hybridized carbons (Fsp3) is 1.00. The quantitative estimate of drug-likeness (QED) is 0.110. The van der Waals surface area contributed by atoms with Crippen LogP contribution in [0.4, 0.5) is 0 Å². The van der Waals surface area contributed by atoms with E-state index in [2.05, 4.69) is 29.4 Å². The van der Waals surface area contributed by atoms with Crippen molar-refractivity contribution >= 4 is 15.8 Å². The molecule has 0 atom stereocenters. The second kappa shape index (κ2) is 31.0. The van der Waals surface area contributed by atoms with Crippen molar-refractivity contribution in [3.05, 3.63) is 12.3 Å². The van der Waals surface area contributed by atoms with Gasteiger partial charge in [0.1, 0.15) is 37.7 Å². The van der Waals surface area contributed by atoms with E-state index in [0.29, 0.717) is 25.7 Å². The van der Waals surface area contributed by atoms with E-state index >= 15 is 0 Å². The van der Waals surface area contributed by atoms with E-state index in [-0.39, 0.29) is 173 Å². The van der Waals surface area contributed by atoms with Crippen LogP contribution >= 0.6 is 15.8 Å². The van der Waals surface area contributed by atoms with Crippen LogP contribution in [-0.2, 0) is 134 Å². The Hall–Kier alpha value is 4.74. The summed E-state index contributed by atoms with van der Waals surface area (Å²) in [6.07, 6.45) is 8.01. The maximum absolute atomic E-state index is 8.35. The van der Waals surface area contributed by atoms with Crippen LogP contribution in [0.1, 0.15) is 25.7 Å². The molecule has 8 aliphatic heterocycles. The number of rotatable bonds is 5. The predicted octanol–water partition coefficient (Wildman–Crippen LogP) is -1.28. The first-order chi connectivity index (χ1) is 14.4. The molecular formula is C18H48Ag6N8O6P2+4. The molecule has 8 saturated heterocycles. The van der Waals surface area contributed by atoms with Crippen LogP contribution in [0.25, 0.3) is 12.3 Å². The largest absolute Gasteiger partial charge is 1.00 e. The molecule has 0 aromatic rings. The summed E-state index contributed by atoms with van der Waals surface area (Å²) in [4.78, 5) is 15.5. The maximum atomic E-state index is 8.35. The smallest absolute Gasteiger partial charge is 0.693 e. The Kier molecular flexibility index (Phi) is 46.6. The SMILES string of the molecule is C1N2CN3CN1C[PH+](C2)C3.C1N2CN3CN1C[PH+](C2)C3.O.O.OC(O)CCCCC(O)O.[Ag+].[Ag+].[Ag+].[Ag+].[Ag].[Ag].[NH2-].[NH2-]. The fourth-order valence-electron chi connectivity index (χ4n) is 5.42. The average Bonchev–Trinajstić information content (AvgIpc) is 2.64. The molecule has 0 saturated carbocycles. The van der Waals surface area contributed by atoms with E-state index in [9.17, 15) is 0 Å². The van der Waals surface area contributed by atoms with Crippen molar-refractivity contribution < 1.29 is 166 Å². The summed E-state index contributed by atoms with van der Waals surface area (Å²) in [6.45, 7) is 7.53. The molecule has 22 heteroatoms. The molecule has 0 aromatic carbocycles. The van der Waals surface area contributed by atoms with Gasteiger partial charge in [-0.15, -0.1) is 0 Å². The van der Waals surface area contributed by atoms with E-state index in [4.69, 9.17) is 20.4 Å². The van der Waals surface area contributed by atoms with E-state index in [1.165, 1.54) is 77.7 Å². The van der Waals surface area contributed by atoms with Crippen molar-refractivity contribution in [3.8, 4) is 0 Å². The summed E-state index contributed by atoms with van der Waals surface area (Å²) >= 11 is 0. The standard InChI is InChI=1S/2C6H12N3P.C6H14O4.6Ag.2H2N.2H2O/c2*1-7-2-9-3-8(1)5-10(4-7)6-9;7-5(8)3-1-2-4-6(9)10;;;;;;;;;;/h2*1-6H2;5-10H,1-4H2;;;;;;;4*1H2/q;;;;;4*+1;2*-1;;/p+2. The number of nitrogens with two attached hydrogens (primary N) is 2. The van der Waals surface area contributed by atoms with E-state index in [1.54, 1.807) is 0 Å². The molecule has 8 bridgehead atoms. The van der Waals surface area contributed by atoms with Crippen LogP contribution in [0.3, 0.4) is 0 Å². The summed E-state index contributed by atoms with van der Waals surface area (Å²) in [5.41, 5.74) is 0. The van der Waals surface area contributed by atoms with Crippen LogP contribution in [0, 0.1) is 0 Å². The predicted molar refractivity (Wildman–Crippen MR) is 139 cm³/mol. The number of hydrogen-bond donors (Lipinski definition) is 4. The Morgan fingerprint density at radius 2 is 0.625 bits per heavy atom. The van der Waals surface area contributed by atoms with Crippen molar-refractivity contribution in [1.29, 1.82) is 0 Å². The molecule has 0 aliphatic carbocycles. The van der Waals surface area contributed by atoms with Gasteiger partial charge in [0.15, 0.2) is 12.6 Å². The van der Waals surface area contributed by atoms with Crippen LogP contribution in [0.5, 0.6) is 0 Å². The first-order valence-electron chi connectivity index (χ1n) is 11.2.